The van der Waals surface area contributed by atoms with Crippen LogP contribution in [-0.4, -0.2) is 38.6 Å². The smallest absolute Gasteiger partial charge is 0.261 e. The van der Waals surface area contributed by atoms with Crippen molar-refractivity contribution < 1.29 is 9.53 Å². The van der Waals surface area contributed by atoms with E-state index in [4.69, 9.17) is 4.74 Å². The average molecular weight is 398 g/mol. The number of pyridine rings is 1. The van der Waals surface area contributed by atoms with E-state index >= 15 is 0 Å². The summed E-state index contributed by atoms with van der Waals surface area (Å²) in [5, 5.41) is 8.60. The van der Waals surface area contributed by atoms with Crippen LogP contribution in [0.15, 0.2) is 79.0 Å². The van der Waals surface area contributed by atoms with Crippen molar-refractivity contribution in [3.63, 3.8) is 0 Å². The number of carbonyl (C=O) groups excluding carboxylic acids is 1. The van der Waals surface area contributed by atoms with Gasteiger partial charge in [0, 0.05) is 18.3 Å². The maximum absolute atomic E-state index is 13.1. The minimum atomic E-state index is -0.0807. The van der Waals surface area contributed by atoms with Crippen LogP contribution in [0, 0.1) is 0 Å². The van der Waals surface area contributed by atoms with Crippen LogP contribution >= 0.6 is 0 Å². The largest absolute Gasteiger partial charge is 0.483 e. The highest BCUT2D eigenvalue weighted by Crippen LogP contribution is 2.32. The van der Waals surface area contributed by atoms with Gasteiger partial charge in [0.25, 0.3) is 5.91 Å². The molecule has 5 rings (SSSR count). The Kier molecular flexibility index (Phi) is 4.89. The molecule has 1 atom stereocenters. The molecule has 4 aromatic rings. The number of rotatable bonds is 5. The Labute approximate surface area is 174 Å². The number of nitrogens with zero attached hydrogens (tertiary/aromatic N) is 4. The number of aromatic nitrogens is 3. The average Bonchev–Trinajstić information content (AvgIpc) is 3.45. The van der Waals surface area contributed by atoms with Gasteiger partial charge in [0.1, 0.15) is 5.75 Å². The topological polar surface area (TPSA) is 59.7 Å². The van der Waals surface area contributed by atoms with Gasteiger partial charge in [-0.1, -0.05) is 54.6 Å². The minimum absolute atomic E-state index is 0.00289. The summed E-state index contributed by atoms with van der Waals surface area (Å²) >= 11 is 0. The lowest BCUT2D eigenvalue weighted by Gasteiger charge is -2.24. The molecule has 0 aliphatic carbocycles. The van der Waals surface area contributed by atoms with Crippen molar-refractivity contribution in [3.8, 4) is 16.9 Å². The molecule has 0 spiro atoms. The van der Waals surface area contributed by atoms with Gasteiger partial charge in [-0.25, -0.2) is 0 Å². The molecule has 1 saturated heterocycles. The summed E-state index contributed by atoms with van der Waals surface area (Å²) in [5.41, 5.74) is 2.83. The SMILES string of the molecule is O=C(COc1ccccc1-c1ccccc1)N1CCCC1c1nnc2ccccn12. The lowest BCUT2D eigenvalue weighted by molar-refractivity contribution is -0.134. The third-order valence-corrected chi connectivity index (χ3v) is 5.53. The number of carbonyl (C=O) groups is 1. The van der Waals surface area contributed by atoms with Crippen LogP contribution < -0.4 is 4.74 Å². The van der Waals surface area contributed by atoms with Crippen LogP contribution in [0.3, 0.4) is 0 Å². The Morgan fingerprint density at radius 3 is 2.67 bits per heavy atom. The van der Waals surface area contributed by atoms with Gasteiger partial charge in [-0.3, -0.25) is 9.20 Å². The fourth-order valence-electron chi connectivity index (χ4n) is 4.09. The second kappa shape index (κ2) is 7.99. The third kappa shape index (κ3) is 3.41. The van der Waals surface area contributed by atoms with Gasteiger partial charge >= 0.3 is 0 Å². The number of likely N-dealkylation sites (tertiary alicyclic amines) is 1. The second-order valence-corrected chi connectivity index (χ2v) is 7.38. The lowest BCUT2D eigenvalue weighted by Crippen LogP contribution is -2.35. The number of ether oxygens (including phenoxy) is 1. The van der Waals surface area contributed by atoms with Gasteiger partial charge in [0.15, 0.2) is 18.1 Å². The van der Waals surface area contributed by atoms with Crippen LogP contribution in [-0.2, 0) is 4.79 Å². The zero-order chi connectivity index (χ0) is 20.3. The van der Waals surface area contributed by atoms with E-state index in [0.717, 1.165) is 35.4 Å². The fourth-order valence-corrected chi connectivity index (χ4v) is 4.09. The Bertz CT molecular complexity index is 1170. The minimum Gasteiger partial charge on any atom is -0.483 e. The van der Waals surface area contributed by atoms with E-state index in [1.165, 1.54) is 0 Å². The van der Waals surface area contributed by atoms with Crippen molar-refractivity contribution in [3.05, 3.63) is 84.8 Å². The van der Waals surface area contributed by atoms with Gasteiger partial charge in [-0.05, 0) is 36.6 Å². The van der Waals surface area contributed by atoms with Crippen molar-refractivity contribution in [2.45, 2.75) is 18.9 Å². The molecule has 1 aliphatic heterocycles. The van der Waals surface area contributed by atoms with E-state index in [9.17, 15) is 4.79 Å². The summed E-state index contributed by atoms with van der Waals surface area (Å²) in [6.07, 6.45) is 3.76. The molecule has 150 valence electrons. The van der Waals surface area contributed by atoms with Crippen LogP contribution in [0.2, 0.25) is 0 Å². The molecule has 0 N–H and O–H groups in total. The molecule has 1 aliphatic rings. The molecule has 30 heavy (non-hydrogen) atoms. The van der Waals surface area contributed by atoms with E-state index in [0.29, 0.717) is 12.3 Å². The molecule has 1 unspecified atom stereocenters. The van der Waals surface area contributed by atoms with Crippen LogP contribution in [0.4, 0.5) is 0 Å². The Morgan fingerprint density at radius 1 is 0.967 bits per heavy atom. The summed E-state index contributed by atoms with van der Waals surface area (Å²) in [6, 6.07) is 23.6. The van der Waals surface area contributed by atoms with Gasteiger partial charge in [-0.15, -0.1) is 10.2 Å². The molecule has 1 amide bonds. The zero-order valence-electron chi connectivity index (χ0n) is 16.5. The summed E-state index contributed by atoms with van der Waals surface area (Å²) < 4.78 is 7.95. The normalized spacial score (nSPS) is 16.1. The van der Waals surface area contributed by atoms with Gasteiger partial charge in [0.2, 0.25) is 0 Å². The highest BCUT2D eigenvalue weighted by Gasteiger charge is 2.33. The van der Waals surface area contributed by atoms with Crippen molar-refractivity contribution in [1.82, 2.24) is 19.5 Å². The van der Waals surface area contributed by atoms with Gasteiger partial charge in [0.05, 0.1) is 6.04 Å². The molecular formula is C24H22N4O2. The van der Waals surface area contributed by atoms with Crippen molar-refractivity contribution in [2.75, 3.05) is 13.2 Å². The summed E-state index contributed by atoms with van der Waals surface area (Å²) in [4.78, 5) is 14.9. The first kappa shape index (κ1) is 18.4. The highest BCUT2D eigenvalue weighted by atomic mass is 16.5. The van der Waals surface area contributed by atoms with Crippen molar-refractivity contribution in [1.29, 1.82) is 0 Å². The first-order valence-corrected chi connectivity index (χ1v) is 10.2. The molecule has 2 aromatic carbocycles. The maximum Gasteiger partial charge on any atom is 0.261 e. The molecule has 0 saturated carbocycles. The number of para-hydroxylation sites is 1. The quantitative estimate of drug-likeness (QED) is 0.507. The van der Waals surface area contributed by atoms with E-state index < -0.39 is 0 Å². The Hall–Kier alpha value is -3.67. The summed E-state index contributed by atoms with van der Waals surface area (Å²) in [6.45, 7) is 0.700. The van der Waals surface area contributed by atoms with Gasteiger partial charge in [-0.2, -0.15) is 0 Å². The predicted octanol–water partition coefficient (Wildman–Crippen LogP) is 4.14. The van der Waals surface area contributed by atoms with E-state index in [2.05, 4.69) is 10.2 Å². The molecule has 0 bridgehead atoms. The maximum atomic E-state index is 13.1. The number of hydrogen-bond donors (Lipinski definition) is 0. The molecule has 0 radical (unpaired) electrons. The fraction of sp³-hybridized carbons (Fsp3) is 0.208. The number of hydrogen-bond acceptors (Lipinski definition) is 4. The first-order chi connectivity index (χ1) is 14.8. The monoisotopic (exact) mass is 398 g/mol. The standard InChI is InChI=1S/C24H22N4O2/c29-23(17-30-21-13-5-4-11-19(21)18-9-2-1-3-10-18)27-16-8-12-20(27)24-26-25-22-14-6-7-15-28(22)24/h1-7,9-11,13-15,20H,8,12,16-17H2. The molecule has 6 nitrogen and oxygen atoms in total. The Balaban J connectivity index is 1.34. The van der Waals surface area contributed by atoms with Crippen molar-refractivity contribution >= 4 is 11.6 Å². The second-order valence-electron chi connectivity index (χ2n) is 7.38. The molecular weight excluding hydrogens is 376 g/mol. The molecule has 1 fully saturated rings. The Morgan fingerprint density at radius 2 is 1.77 bits per heavy atom. The third-order valence-electron chi connectivity index (χ3n) is 5.53. The molecule has 2 aromatic heterocycles. The van der Waals surface area contributed by atoms with Crippen LogP contribution in [0.5, 0.6) is 5.75 Å². The molecule has 3 heterocycles. The first-order valence-electron chi connectivity index (χ1n) is 10.2. The number of amides is 1. The van der Waals surface area contributed by atoms with E-state index in [1.54, 1.807) is 0 Å². The zero-order valence-corrected chi connectivity index (χ0v) is 16.5. The van der Waals surface area contributed by atoms with Gasteiger partial charge < -0.3 is 9.64 Å². The van der Waals surface area contributed by atoms with E-state index in [-0.39, 0.29) is 18.6 Å². The highest BCUT2D eigenvalue weighted by molar-refractivity contribution is 5.79. The number of benzene rings is 2. The number of fused-ring (bicyclic) bond motifs is 1. The van der Waals surface area contributed by atoms with Crippen molar-refractivity contribution in [2.24, 2.45) is 0 Å². The van der Waals surface area contributed by atoms with E-state index in [1.807, 2.05) is 88.3 Å². The summed E-state index contributed by atoms with van der Waals surface area (Å²) in [7, 11) is 0. The lowest BCUT2D eigenvalue weighted by atomic mass is 10.1. The molecule has 6 heteroatoms. The van der Waals surface area contributed by atoms with Crippen LogP contribution in [0.1, 0.15) is 24.7 Å². The summed E-state index contributed by atoms with van der Waals surface area (Å²) in [5.74, 6) is 1.48. The van der Waals surface area contributed by atoms with Crippen LogP contribution in [0.25, 0.3) is 16.8 Å². The predicted molar refractivity (Wildman–Crippen MR) is 114 cm³/mol.